The number of nitrogens with zero attached hydrogens (tertiary/aromatic N) is 2. The Bertz CT molecular complexity index is 788. The number of rotatable bonds is 5. The van der Waals surface area contributed by atoms with Crippen LogP contribution in [0, 0.1) is 0 Å². The highest BCUT2D eigenvalue weighted by molar-refractivity contribution is 7.99. The molecule has 0 aromatic carbocycles. The largest absolute Gasteiger partial charge is 0.451 e. The monoisotopic (exact) mass is 434 g/mol. The van der Waals surface area contributed by atoms with Crippen molar-refractivity contribution in [1.82, 2.24) is 9.21 Å². The zero-order valence-electron chi connectivity index (χ0n) is 15.0. The lowest BCUT2D eigenvalue weighted by atomic mass is 10.3. The molecular weight excluding hydrogens is 412 g/mol. The molecule has 2 saturated heterocycles. The van der Waals surface area contributed by atoms with Crippen molar-refractivity contribution < 1.29 is 27.5 Å². The molecule has 1 unspecified atom stereocenters. The molecule has 1 aromatic heterocycles. The first-order chi connectivity index (χ1) is 12.9. The van der Waals surface area contributed by atoms with E-state index in [1.54, 1.807) is 22.0 Å². The van der Waals surface area contributed by atoms with Crippen LogP contribution < -0.4 is 0 Å². The summed E-state index contributed by atoms with van der Waals surface area (Å²) in [5.74, 6) is 0.364. The number of esters is 1. The molecule has 2 fully saturated rings. The van der Waals surface area contributed by atoms with E-state index in [1.807, 2.05) is 6.92 Å². The molecule has 0 N–H and O–H groups in total. The minimum Gasteiger partial charge on any atom is -0.451 e. The van der Waals surface area contributed by atoms with Gasteiger partial charge in [0, 0.05) is 37.7 Å². The Balaban J connectivity index is 1.64. The lowest BCUT2D eigenvalue weighted by Gasteiger charge is -2.30. The summed E-state index contributed by atoms with van der Waals surface area (Å²) in [6.07, 6.45) is -0.0600. The smallest absolute Gasteiger partial charge is 0.350 e. The van der Waals surface area contributed by atoms with Gasteiger partial charge in [-0.2, -0.15) is 16.1 Å². The van der Waals surface area contributed by atoms with Crippen LogP contribution in [0.15, 0.2) is 16.3 Å². The van der Waals surface area contributed by atoms with Crippen molar-refractivity contribution in [3.8, 4) is 0 Å². The first-order valence-electron chi connectivity index (χ1n) is 8.61. The molecule has 2 aliphatic heterocycles. The van der Waals surface area contributed by atoms with E-state index < -0.39 is 22.6 Å². The van der Waals surface area contributed by atoms with Gasteiger partial charge in [0.15, 0.2) is 6.61 Å². The van der Waals surface area contributed by atoms with Crippen LogP contribution in [0.5, 0.6) is 0 Å². The normalized spacial score (nSPS) is 21.8. The molecule has 8 nitrogen and oxygen atoms in total. The Kier molecular flexibility index (Phi) is 6.79. The summed E-state index contributed by atoms with van der Waals surface area (Å²) in [6, 6.07) is 1.42. The predicted octanol–water partition coefficient (Wildman–Crippen LogP) is 0.890. The van der Waals surface area contributed by atoms with E-state index in [1.165, 1.54) is 10.4 Å². The third-order valence-electron chi connectivity index (χ3n) is 4.32. The molecule has 0 spiro atoms. The highest BCUT2D eigenvalue weighted by atomic mass is 32.2. The van der Waals surface area contributed by atoms with E-state index in [-0.39, 0.29) is 21.8 Å². The second kappa shape index (κ2) is 8.91. The zero-order valence-corrected chi connectivity index (χ0v) is 17.4. The van der Waals surface area contributed by atoms with Crippen LogP contribution in [-0.4, -0.2) is 86.5 Å². The molecule has 0 aliphatic carbocycles. The maximum Gasteiger partial charge on any atom is 0.350 e. The lowest BCUT2D eigenvalue weighted by Crippen LogP contribution is -2.46. The van der Waals surface area contributed by atoms with E-state index in [0.29, 0.717) is 32.8 Å². The van der Waals surface area contributed by atoms with Crippen LogP contribution in [0.1, 0.15) is 16.6 Å². The number of thioether (sulfide) groups is 1. The van der Waals surface area contributed by atoms with Gasteiger partial charge in [-0.25, -0.2) is 13.2 Å². The van der Waals surface area contributed by atoms with Crippen molar-refractivity contribution in [2.75, 3.05) is 50.9 Å². The van der Waals surface area contributed by atoms with Gasteiger partial charge in [-0.15, -0.1) is 11.3 Å². The Hall–Kier alpha value is -1.14. The van der Waals surface area contributed by atoms with Gasteiger partial charge in [0.25, 0.3) is 5.91 Å². The van der Waals surface area contributed by atoms with Crippen molar-refractivity contribution >= 4 is 45.0 Å². The first-order valence-corrected chi connectivity index (χ1v) is 12.1. The van der Waals surface area contributed by atoms with Crippen molar-refractivity contribution in [3.05, 3.63) is 16.3 Å². The Morgan fingerprint density at radius 3 is 2.74 bits per heavy atom. The van der Waals surface area contributed by atoms with Gasteiger partial charge < -0.3 is 14.4 Å². The molecular formula is C16H22N2O6S3. The Labute approximate surface area is 166 Å². The van der Waals surface area contributed by atoms with Gasteiger partial charge in [0.05, 0.1) is 12.7 Å². The summed E-state index contributed by atoms with van der Waals surface area (Å²) in [7, 11) is -3.74. The second-order valence-corrected chi connectivity index (χ2v) is 10.3. The SMILES string of the molecule is CC1CN(C(=O)COC(=O)c2sccc2S(=O)(=O)N2CCSCC2)CCO1. The minimum atomic E-state index is -3.74. The summed E-state index contributed by atoms with van der Waals surface area (Å²) in [5.41, 5.74) is 0. The van der Waals surface area contributed by atoms with Gasteiger partial charge >= 0.3 is 5.97 Å². The molecule has 0 saturated carbocycles. The Morgan fingerprint density at radius 1 is 1.30 bits per heavy atom. The van der Waals surface area contributed by atoms with E-state index in [4.69, 9.17) is 9.47 Å². The summed E-state index contributed by atoms with van der Waals surface area (Å²) in [6.45, 7) is 3.64. The number of thiophene rings is 1. The first kappa shape index (κ1) is 20.6. The highest BCUT2D eigenvalue weighted by Gasteiger charge is 2.32. The number of sulfonamides is 1. The fourth-order valence-electron chi connectivity index (χ4n) is 2.90. The number of morpholine rings is 1. The highest BCUT2D eigenvalue weighted by Crippen LogP contribution is 2.27. The number of hydrogen-bond donors (Lipinski definition) is 0. The number of carbonyl (C=O) groups is 2. The van der Waals surface area contributed by atoms with Gasteiger partial charge in [-0.3, -0.25) is 4.79 Å². The molecule has 3 heterocycles. The summed E-state index contributed by atoms with van der Waals surface area (Å²) in [5, 5.41) is 1.55. The molecule has 2 aliphatic rings. The van der Waals surface area contributed by atoms with Crippen LogP contribution in [0.2, 0.25) is 0 Å². The van der Waals surface area contributed by atoms with Crippen molar-refractivity contribution in [2.45, 2.75) is 17.9 Å². The van der Waals surface area contributed by atoms with Crippen molar-refractivity contribution in [1.29, 1.82) is 0 Å². The minimum absolute atomic E-state index is 0.0105. The third-order valence-corrected chi connectivity index (χ3v) is 8.23. The molecule has 0 radical (unpaired) electrons. The fraction of sp³-hybridized carbons (Fsp3) is 0.625. The van der Waals surface area contributed by atoms with Gasteiger partial charge in [0.1, 0.15) is 9.77 Å². The lowest BCUT2D eigenvalue weighted by molar-refractivity contribution is -0.141. The summed E-state index contributed by atoms with van der Waals surface area (Å²) in [4.78, 5) is 26.2. The maximum absolute atomic E-state index is 12.8. The number of amides is 1. The molecule has 1 amide bonds. The Morgan fingerprint density at radius 2 is 2.04 bits per heavy atom. The average Bonchev–Trinajstić information content (AvgIpc) is 3.17. The number of carbonyl (C=O) groups excluding carboxylic acids is 2. The van der Waals surface area contributed by atoms with Crippen LogP contribution in [0.4, 0.5) is 0 Å². The zero-order chi connectivity index (χ0) is 19.4. The molecule has 150 valence electrons. The molecule has 1 atom stereocenters. The maximum atomic E-state index is 12.8. The summed E-state index contributed by atoms with van der Waals surface area (Å²) >= 11 is 2.71. The molecule has 1 aromatic rings. The predicted molar refractivity (Wildman–Crippen MR) is 103 cm³/mol. The average molecular weight is 435 g/mol. The van der Waals surface area contributed by atoms with Crippen molar-refractivity contribution in [2.24, 2.45) is 0 Å². The van der Waals surface area contributed by atoms with E-state index in [9.17, 15) is 18.0 Å². The molecule has 3 rings (SSSR count). The number of hydrogen-bond acceptors (Lipinski definition) is 8. The van der Waals surface area contributed by atoms with E-state index >= 15 is 0 Å². The quantitative estimate of drug-likeness (QED) is 0.636. The van der Waals surface area contributed by atoms with Crippen molar-refractivity contribution in [3.63, 3.8) is 0 Å². The van der Waals surface area contributed by atoms with E-state index in [0.717, 1.165) is 22.8 Å². The third kappa shape index (κ3) is 4.83. The van der Waals surface area contributed by atoms with Gasteiger partial charge in [-0.05, 0) is 18.4 Å². The molecule has 0 bridgehead atoms. The van der Waals surface area contributed by atoms with Gasteiger partial charge in [0.2, 0.25) is 10.0 Å². The van der Waals surface area contributed by atoms with Crippen LogP contribution in [-0.2, 0) is 24.3 Å². The molecule has 27 heavy (non-hydrogen) atoms. The molecule has 11 heteroatoms. The van der Waals surface area contributed by atoms with Crippen LogP contribution in [0.25, 0.3) is 0 Å². The standard InChI is InChI=1S/C16H22N2O6S3/c1-12-10-17(3-6-23-12)14(19)11-24-16(20)15-13(2-7-26-15)27(21,22)18-4-8-25-9-5-18/h2,7,12H,3-6,8-11H2,1H3. The topological polar surface area (TPSA) is 93.2 Å². The van der Waals surface area contributed by atoms with Crippen LogP contribution >= 0.6 is 23.1 Å². The second-order valence-electron chi connectivity index (χ2n) is 6.23. The summed E-state index contributed by atoms with van der Waals surface area (Å²) < 4.78 is 37.5. The fourth-order valence-corrected chi connectivity index (χ4v) is 6.76. The number of ether oxygens (including phenoxy) is 2. The van der Waals surface area contributed by atoms with E-state index in [2.05, 4.69) is 0 Å². The van der Waals surface area contributed by atoms with Crippen LogP contribution in [0.3, 0.4) is 0 Å². The van der Waals surface area contributed by atoms with Gasteiger partial charge in [-0.1, -0.05) is 0 Å².